The van der Waals surface area contributed by atoms with Crippen molar-refractivity contribution in [1.29, 1.82) is 0 Å². The second-order valence-electron chi connectivity index (χ2n) is 6.35. The van der Waals surface area contributed by atoms with Crippen molar-refractivity contribution in [2.45, 2.75) is 43.9 Å². The second kappa shape index (κ2) is 6.05. The Hall–Kier alpha value is -0.930. The molecular weight excluding hydrogens is 276 g/mol. The molecule has 0 unspecified atom stereocenters. The first-order valence-corrected chi connectivity index (χ1v) is 9.18. The van der Waals surface area contributed by atoms with E-state index >= 15 is 0 Å². The zero-order chi connectivity index (χ0) is 14.9. The van der Waals surface area contributed by atoms with Crippen LogP contribution in [0.1, 0.15) is 36.9 Å². The lowest BCUT2D eigenvalue weighted by molar-refractivity contribution is 0.526. The smallest absolute Gasteiger partial charge is 0.0483 e. The van der Waals surface area contributed by atoms with Crippen molar-refractivity contribution in [3.8, 4) is 0 Å². The van der Waals surface area contributed by atoms with Gasteiger partial charge in [-0.2, -0.15) is 11.8 Å². The molecule has 1 fully saturated rings. The quantitative estimate of drug-likeness (QED) is 0.889. The Balaban J connectivity index is 1.74. The summed E-state index contributed by atoms with van der Waals surface area (Å²) in [6.07, 6.45) is 7.81. The highest BCUT2D eigenvalue weighted by molar-refractivity contribution is 8.00. The third-order valence-corrected chi connectivity index (χ3v) is 6.61. The first-order valence-electron chi connectivity index (χ1n) is 7.96. The number of fused-ring (bicyclic) bond motifs is 1. The average molecular weight is 302 g/mol. The van der Waals surface area contributed by atoms with Gasteiger partial charge in [-0.25, -0.2) is 0 Å². The molecule has 0 radical (unpaired) electrons. The van der Waals surface area contributed by atoms with Crippen LogP contribution < -0.4 is 5.32 Å². The van der Waals surface area contributed by atoms with Gasteiger partial charge in [0.05, 0.1) is 0 Å². The minimum atomic E-state index is 0.485. The first kappa shape index (κ1) is 15.0. The summed E-state index contributed by atoms with van der Waals surface area (Å²) in [5.41, 5.74) is 4.18. The largest absolute Gasteiger partial charge is 0.346 e. The van der Waals surface area contributed by atoms with Gasteiger partial charge in [0.1, 0.15) is 0 Å². The van der Waals surface area contributed by atoms with E-state index in [0.29, 0.717) is 4.75 Å². The summed E-state index contributed by atoms with van der Waals surface area (Å²) in [4.78, 5) is 0. The molecule has 114 valence electrons. The van der Waals surface area contributed by atoms with E-state index in [2.05, 4.69) is 66.1 Å². The third kappa shape index (κ3) is 2.74. The number of aromatic nitrogens is 1. The maximum atomic E-state index is 3.74. The minimum absolute atomic E-state index is 0.485. The molecule has 1 saturated carbocycles. The maximum absolute atomic E-state index is 3.74. The molecule has 0 aliphatic heterocycles. The Morgan fingerprint density at radius 1 is 1.24 bits per heavy atom. The van der Waals surface area contributed by atoms with E-state index < -0.39 is 0 Å². The van der Waals surface area contributed by atoms with Crippen molar-refractivity contribution in [3.63, 3.8) is 0 Å². The Kier molecular flexibility index (Phi) is 4.32. The number of hydrogen-bond acceptors (Lipinski definition) is 2. The van der Waals surface area contributed by atoms with Gasteiger partial charge in [-0.3, -0.25) is 0 Å². The number of rotatable bonds is 5. The fourth-order valence-electron chi connectivity index (χ4n) is 3.77. The van der Waals surface area contributed by atoms with Crippen LogP contribution in [0.2, 0.25) is 0 Å². The molecule has 1 aliphatic carbocycles. The third-order valence-electron chi connectivity index (χ3n) is 5.19. The monoisotopic (exact) mass is 302 g/mol. The van der Waals surface area contributed by atoms with Crippen LogP contribution >= 0.6 is 11.8 Å². The molecule has 0 bridgehead atoms. The molecule has 2 nitrogen and oxygen atoms in total. The molecule has 1 heterocycles. The number of benzene rings is 1. The van der Waals surface area contributed by atoms with Gasteiger partial charge in [0, 0.05) is 41.5 Å². The van der Waals surface area contributed by atoms with Crippen molar-refractivity contribution >= 4 is 22.7 Å². The Bertz CT molecular complexity index is 584. The van der Waals surface area contributed by atoms with Gasteiger partial charge in [0.2, 0.25) is 0 Å². The first-order chi connectivity index (χ1) is 10.2. The van der Waals surface area contributed by atoms with Crippen LogP contribution in [0.25, 0.3) is 10.9 Å². The lowest BCUT2D eigenvalue weighted by atomic mass is 10.1. The van der Waals surface area contributed by atoms with Crippen molar-refractivity contribution in [3.05, 3.63) is 35.5 Å². The molecule has 0 spiro atoms. The molecule has 3 heteroatoms. The fourth-order valence-corrected chi connectivity index (χ4v) is 4.71. The standard InChI is InChI=1S/C18H26N2S/c1-14-15-8-4-5-9-16(15)20(2)17(14)12-19-13-18(21-3)10-6-7-11-18/h4-5,8-9,19H,6-7,10-13H2,1-3H3. The number of hydrogen-bond donors (Lipinski definition) is 1. The normalized spacial score (nSPS) is 17.7. The van der Waals surface area contributed by atoms with Crippen molar-refractivity contribution in [2.75, 3.05) is 12.8 Å². The van der Waals surface area contributed by atoms with Crippen LogP contribution in [0.3, 0.4) is 0 Å². The van der Waals surface area contributed by atoms with Crippen LogP contribution in [-0.4, -0.2) is 22.1 Å². The van der Waals surface area contributed by atoms with Gasteiger partial charge in [-0.15, -0.1) is 0 Å². The van der Waals surface area contributed by atoms with Gasteiger partial charge in [0.25, 0.3) is 0 Å². The summed E-state index contributed by atoms with van der Waals surface area (Å²) >= 11 is 2.06. The number of aryl methyl sites for hydroxylation is 2. The molecule has 1 N–H and O–H groups in total. The van der Waals surface area contributed by atoms with Crippen LogP contribution in [0.15, 0.2) is 24.3 Å². The van der Waals surface area contributed by atoms with Crippen molar-refractivity contribution in [2.24, 2.45) is 7.05 Å². The van der Waals surface area contributed by atoms with Crippen LogP contribution in [0.4, 0.5) is 0 Å². The zero-order valence-corrected chi connectivity index (χ0v) is 14.2. The predicted octanol–water partition coefficient (Wildman–Crippen LogP) is 4.25. The molecule has 1 aromatic carbocycles. The highest BCUT2D eigenvalue weighted by atomic mass is 32.2. The molecule has 1 aliphatic rings. The van der Waals surface area contributed by atoms with E-state index in [1.165, 1.54) is 47.8 Å². The summed E-state index contributed by atoms with van der Waals surface area (Å²) in [6.45, 7) is 4.35. The van der Waals surface area contributed by atoms with E-state index in [9.17, 15) is 0 Å². The van der Waals surface area contributed by atoms with E-state index in [1.54, 1.807) is 0 Å². The van der Waals surface area contributed by atoms with Crippen molar-refractivity contribution < 1.29 is 0 Å². The topological polar surface area (TPSA) is 17.0 Å². The highest BCUT2D eigenvalue weighted by Gasteiger charge is 2.32. The Labute approximate surface area is 132 Å². The lowest BCUT2D eigenvalue weighted by Crippen LogP contribution is -2.35. The number of nitrogens with one attached hydrogen (secondary N) is 1. The molecule has 21 heavy (non-hydrogen) atoms. The average Bonchev–Trinajstić information content (AvgIpc) is 3.08. The molecule has 3 rings (SSSR count). The zero-order valence-electron chi connectivity index (χ0n) is 13.4. The van der Waals surface area contributed by atoms with Gasteiger partial charge in [-0.05, 0) is 37.7 Å². The molecule has 0 amide bonds. The van der Waals surface area contributed by atoms with Gasteiger partial charge >= 0.3 is 0 Å². The lowest BCUT2D eigenvalue weighted by Gasteiger charge is -2.27. The summed E-state index contributed by atoms with van der Waals surface area (Å²) in [5, 5.41) is 5.12. The van der Waals surface area contributed by atoms with E-state index in [1.807, 2.05) is 0 Å². The van der Waals surface area contributed by atoms with Gasteiger partial charge in [-0.1, -0.05) is 31.0 Å². The minimum Gasteiger partial charge on any atom is -0.346 e. The van der Waals surface area contributed by atoms with Gasteiger partial charge < -0.3 is 9.88 Å². The fraction of sp³-hybridized carbons (Fsp3) is 0.556. The molecular formula is C18H26N2S. The summed E-state index contributed by atoms with van der Waals surface area (Å²) in [6, 6.07) is 8.70. The van der Waals surface area contributed by atoms with E-state index in [0.717, 1.165) is 13.1 Å². The van der Waals surface area contributed by atoms with Gasteiger partial charge in [0.15, 0.2) is 0 Å². The summed E-state index contributed by atoms with van der Waals surface area (Å²) in [7, 11) is 2.19. The molecule has 2 aromatic rings. The molecule has 0 atom stereocenters. The second-order valence-corrected chi connectivity index (χ2v) is 7.62. The van der Waals surface area contributed by atoms with Crippen LogP contribution in [0.5, 0.6) is 0 Å². The molecule has 1 aromatic heterocycles. The number of para-hydroxylation sites is 1. The summed E-state index contributed by atoms with van der Waals surface area (Å²) in [5.74, 6) is 0. The molecule has 0 saturated heterocycles. The van der Waals surface area contributed by atoms with Crippen LogP contribution in [0, 0.1) is 6.92 Å². The van der Waals surface area contributed by atoms with E-state index in [-0.39, 0.29) is 0 Å². The highest BCUT2D eigenvalue weighted by Crippen LogP contribution is 2.39. The predicted molar refractivity (Wildman–Crippen MR) is 94.1 cm³/mol. The Morgan fingerprint density at radius 2 is 1.95 bits per heavy atom. The Morgan fingerprint density at radius 3 is 2.62 bits per heavy atom. The van der Waals surface area contributed by atoms with Crippen LogP contribution in [-0.2, 0) is 13.6 Å². The summed E-state index contributed by atoms with van der Waals surface area (Å²) < 4.78 is 2.83. The number of nitrogens with zero attached hydrogens (tertiary/aromatic N) is 1. The van der Waals surface area contributed by atoms with Crippen molar-refractivity contribution in [1.82, 2.24) is 9.88 Å². The maximum Gasteiger partial charge on any atom is 0.0483 e. The number of thioether (sulfide) groups is 1. The SMILES string of the molecule is CSC1(CNCc2c(C)c3ccccc3n2C)CCCC1. The van der Waals surface area contributed by atoms with E-state index in [4.69, 9.17) is 0 Å².